The van der Waals surface area contributed by atoms with Crippen LogP contribution in [0, 0.1) is 0 Å². The highest BCUT2D eigenvalue weighted by molar-refractivity contribution is 6.33. The standard InChI is InChI=1S/C11H13ClN2O3/c1-3-17-11(16)14-9-6-7(10(15)13-2)4-5-8(9)12/h4-6H,3H2,1-2H3,(H,13,15)(H,14,16). The monoisotopic (exact) mass is 256 g/mol. The van der Waals surface area contributed by atoms with Crippen molar-refractivity contribution < 1.29 is 14.3 Å². The van der Waals surface area contributed by atoms with E-state index in [0.717, 1.165) is 0 Å². The summed E-state index contributed by atoms with van der Waals surface area (Å²) in [5, 5.41) is 5.28. The first-order valence-electron chi connectivity index (χ1n) is 5.04. The Kier molecular flexibility index (Phi) is 4.78. The normalized spacial score (nSPS) is 9.59. The predicted molar refractivity (Wildman–Crippen MR) is 65.5 cm³/mol. The molecule has 2 amide bonds. The van der Waals surface area contributed by atoms with Gasteiger partial charge in [-0.15, -0.1) is 0 Å². The van der Waals surface area contributed by atoms with Crippen LogP contribution in [-0.2, 0) is 4.74 Å². The molecule has 0 saturated heterocycles. The lowest BCUT2D eigenvalue weighted by Crippen LogP contribution is -2.19. The minimum Gasteiger partial charge on any atom is -0.450 e. The minimum absolute atomic E-state index is 0.256. The van der Waals surface area contributed by atoms with Crippen LogP contribution in [0.1, 0.15) is 17.3 Å². The van der Waals surface area contributed by atoms with Crippen molar-refractivity contribution in [2.45, 2.75) is 6.92 Å². The number of ether oxygens (including phenoxy) is 1. The van der Waals surface area contributed by atoms with Crippen molar-refractivity contribution in [3.8, 4) is 0 Å². The number of halogens is 1. The van der Waals surface area contributed by atoms with Crippen molar-refractivity contribution >= 4 is 29.3 Å². The summed E-state index contributed by atoms with van der Waals surface area (Å²) in [5.74, 6) is -0.256. The van der Waals surface area contributed by atoms with Gasteiger partial charge in [-0.3, -0.25) is 10.1 Å². The number of carbonyl (C=O) groups is 2. The first-order chi connectivity index (χ1) is 8.08. The second-order valence-electron chi connectivity index (χ2n) is 3.12. The Hall–Kier alpha value is -1.75. The molecule has 0 heterocycles. The molecule has 0 aromatic heterocycles. The van der Waals surface area contributed by atoms with Gasteiger partial charge in [0.2, 0.25) is 0 Å². The van der Waals surface area contributed by atoms with Gasteiger partial charge in [-0.05, 0) is 25.1 Å². The minimum atomic E-state index is -0.608. The second kappa shape index (κ2) is 6.10. The molecule has 0 unspecified atom stereocenters. The average Bonchev–Trinajstić information content (AvgIpc) is 2.31. The van der Waals surface area contributed by atoms with E-state index < -0.39 is 6.09 Å². The maximum absolute atomic E-state index is 11.4. The third-order valence-electron chi connectivity index (χ3n) is 1.97. The maximum atomic E-state index is 11.4. The molecule has 1 rings (SSSR count). The van der Waals surface area contributed by atoms with Gasteiger partial charge in [0, 0.05) is 12.6 Å². The number of rotatable bonds is 3. The lowest BCUT2D eigenvalue weighted by Gasteiger charge is -2.08. The highest BCUT2D eigenvalue weighted by Crippen LogP contribution is 2.23. The van der Waals surface area contributed by atoms with E-state index in [1.807, 2.05) is 0 Å². The quantitative estimate of drug-likeness (QED) is 0.872. The van der Waals surface area contributed by atoms with Gasteiger partial charge < -0.3 is 10.1 Å². The van der Waals surface area contributed by atoms with Gasteiger partial charge in [0.25, 0.3) is 5.91 Å². The van der Waals surface area contributed by atoms with Crippen molar-refractivity contribution in [1.29, 1.82) is 0 Å². The van der Waals surface area contributed by atoms with Crippen LogP contribution in [0.4, 0.5) is 10.5 Å². The van der Waals surface area contributed by atoms with Gasteiger partial charge >= 0.3 is 6.09 Å². The van der Waals surface area contributed by atoms with Crippen LogP contribution >= 0.6 is 11.6 Å². The summed E-state index contributed by atoms with van der Waals surface area (Å²) < 4.78 is 4.72. The summed E-state index contributed by atoms with van der Waals surface area (Å²) in [7, 11) is 1.52. The molecule has 5 nitrogen and oxygen atoms in total. The molecule has 1 aromatic rings. The number of anilines is 1. The van der Waals surface area contributed by atoms with Crippen LogP contribution in [0.15, 0.2) is 18.2 Å². The van der Waals surface area contributed by atoms with E-state index in [2.05, 4.69) is 10.6 Å². The molecule has 92 valence electrons. The van der Waals surface area contributed by atoms with Crippen LogP contribution < -0.4 is 10.6 Å². The molecular weight excluding hydrogens is 244 g/mol. The third kappa shape index (κ3) is 3.64. The molecule has 0 aliphatic rings. The Bertz CT molecular complexity index is 435. The van der Waals surface area contributed by atoms with Crippen LogP contribution in [0.25, 0.3) is 0 Å². The Balaban J connectivity index is 2.90. The van der Waals surface area contributed by atoms with Crippen LogP contribution in [-0.4, -0.2) is 25.7 Å². The molecule has 17 heavy (non-hydrogen) atoms. The lowest BCUT2D eigenvalue weighted by atomic mass is 10.2. The number of nitrogens with one attached hydrogen (secondary N) is 2. The number of benzene rings is 1. The second-order valence-corrected chi connectivity index (χ2v) is 3.53. The van der Waals surface area contributed by atoms with Gasteiger partial charge in [-0.2, -0.15) is 0 Å². The van der Waals surface area contributed by atoms with Crippen molar-refractivity contribution in [1.82, 2.24) is 5.32 Å². The zero-order valence-corrected chi connectivity index (χ0v) is 10.3. The fraction of sp³-hybridized carbons (Fsp3) is 0.273. The molecule has 0 radical (unpaired) electrons. The Morgan fingerprint density at radius 3 is 2.71 bits per heavy atom. The number of carbonyl (C=O) groups excluding carboxylic acids is 2. The number of hydrogen-bond donors (Lipinski definition) is 2. The van der Waals surface area contributed by atoms with Crippen LogP contribution in [0.5, 0.6) is 0 Å². The summed E-state index contributed by atoms with van der Waals surface area (Å²) in [6.07, 6.45) is -0.608. The van der Waals surface area contributed by atoms with E-state index in [9.17, 15) is 9.59 Å². The summed E-state index contributed by atoms with van der Waals surface area (Å²) in [4.78, 5) is 22.6. The van der Waals surface area contributed by atoms with Gasteiger partial charge in [-0.25, -0.2) is 4.79 Å². The summed E-state index contributed by atoms with van der Waals surface area (Å²) in [6, 6.07) is 4.59. The zero-order chi connectivity index (χ0) is 12.8. The molecule has 0 bridgehead atoms. The highest BCUT2D eigenvalue weighted by Gasteiger charge is 2.10. The highest BCUT2D eigenvalue weighted by atomic mass is 35.5. The molecule has 2 N–H and O–H groups in total. The first kappa shape index (κ1) is 13.3. The van der Waals surface area contributed by atoms with Crippen molar-refractivity contribution in [2.75, 3.05) is 19.0 Å². The van der Waals surface area contributed by atoms with E-state index in [1.54, 1.807) is 13.0 Å². The van der Waals surface area contributed by atoms with Crippen LogP contribution in [0.3, 0.4) is 0 Å². The summed E-state index contributed by atoms with van der Waals surface area (Å²) in [6.45, 7) is 1.96. The van der Waals surface area contributed by atoms with Crippen molar-refractivity contribution in [3.05, 3.63) is 28.8 Å². The molecule has 6 heteroatoms. The van der Waals surface area contributed by atoms with E-state index in [-0.39, 0.29) is 12.5 Å². The molecule has 0 aliphatic carbocycles. The van der Waals surface area contributed by atoms with Crippen molar-refractivity contribution in [3.63, 3.8) is 0 Å². The van der Waals surface area contributed by atoms with E-state index in [4.69, 9.17) is 16.3 Å². The number of amides is 2. The van der Waals surface area contributed by atoms with Crippen molar-refractivity contribution in [2.24, 2.45) is 0 Å². The Morgan fingerprint density at radius 2 is 2.12 bits per heavy atom. The summed E-state index contributed by atoms with van der Waals surface area (Å²) >= 11 is 5.89. The van der Waals surface area contributed by atoms with Crippen LogP contribution in [0.2, 0.25) is 5.02 Å². The third-order valence-corrected chi connectivity index (χ3v) is 2.30. The molecule has 0 spiro atoms. The molecule has 0 aliphatic heterocycles. The SMILES string of the molecule is CCOC(=O)Nc1cc(C(=O)NC)ccc1Cl. The fourth-order valence-corrected chi connectivity index (χ4v) is 1.35. The van der Waals surface area contributed by atoms with E-state index in [0.29, 0.717) is 16.3 Å². The van der Waals surface area contributed by atoms with E-state index >= 15 is 0 Å². The van der Waals surface area contributed by atoms with Gasteiger partial charge in [-0.1, -0.05) is 11.6 Å². The topological polar surface area (TPSA) is 67.4 Å². The number of hydrogen-bond acceptors (Lipinski definition) is 3. The smallest absolute Gasteiger partial charge is 0.411 e. The average molecular weight is 257 g/mol. The van der Waals surface area contributed by atoms with Gasteiger partial charge in [0.05, 0.1) is 17.3 Å². The maximum Gasteiger partial charge on any atom is 0.411 e. The zero-order valence-electron chi connectivity index (χ0n) is 9.54. The Labute approximate surface area is 104 Å². The molecule has 1 aromatic carbocycles. The van der Waals surface area contributed by atoms with E-state index in [1.165, 1.54) is 19.2 Å². The molecule has 0 atom stereocenters. The van der Waals surface area contributed by atoms with Gasteiger partial charge in [0.1, 0.15) is 0 Å². The largest absolute Gasteiger partial charge is 0.450 e. The lowest BCUT2D eigenvalue weighted by molar-refractivity contribution is 0.0963. The molecule has 0 saturated carbocycles. The summed E-state index contributed by atoms with van der Waals surface area (Å²) in [5.41, 5.74) is 0.745. The molecule has 0 fully saturated rings. The first-order valence-corrected chi connectivity index (χ1v) is 5.41. The fourth-order valence-electron chi connectivity index (χ4n) is 1.18. The van der Waals surface area contributed by atoms with Gasteiger partial charge in [0.15, 0.2) is 0 Å². The predicted octanol–water partition coefficient (Wildman–Crippen LogP) is 2.27. The molecular formula is C11H13ClN2O3. The Morgan fingerprint density at radius 1 is 1.41 bits per heavy atom.